The number of rotatable bonds is 9. The summed E-state index contributed by atoms with van der Waals surface area (Å²) in [5.41, 5.74) is 2.64. The highest BCUT2D eigenvalue weighted by Crippen LogP contribution is 2.36. The summed E-state index contributed by atoms with van der Waals surface area (Å²) in [4.78, 5) is 32.7. The van der Waals surface area contributed by atoms with Crippen molar-refractivity contribution in [2.45, 2.75) is 46.4 Å². The van der Waals surface area contributed by atoms with Gasteiger partial charge in [-0.05, 0) is 92.3 Å². The molecule has 3 aromatic carbocycles. The Kier molecular flexibility index (Phi) is 10.2. The minimum atomic E-state index is -0.805. The quantitative estimate of drug-likeness (QED) is 0.135. The molecule has 4 aromatic rings. The largest absolute Gasteiger partial charge is 0.491 e. The normalized spacial score (nSPS) is 14.8. The van der Waals surface area contributed by atoms with Crippen LogP contribution in [0.2, 0.25) is 10.0 Å². The van der Waals surface area contributed by atoms with Gasteiger partial charge < -0.3 is 14.2 Å². The zero-order valence-corrected chi connectivity index (χ0v) is 28.9. The Balaban J connectivity index is 1.68. The van der Waals surface area contributed by atoms with E-state index < -0.39 is 12.0 Å². The summed E-state index contributed by atoms with van der Waals surface area (Å²) in [6, 6.07) is 17.6. The second-order valence-electron chi connectivity index (χ2n) is 10.2. The Labute approximate surface area is 282 Å². The second kappa shape index (κ2) is 13.9. The van der Waals surface area contributed by atoms with E-state index in [0.29, 0.717) is 47.7 Å². The zero-order valence-electron chi connectivity index (χ0n) is 24.4. The van der Waals surface area contributed by atoms with Gasteiger partial charge in [-0.25, -0.2) is 9.79 Å². The van der Waals surface area contributed by atoms with Gasteiger partial charge in [0, 0.05) is 21.2 Å². The van der Waals surface area contributed by atoms with E-state index in [0.717, 1.165) is 9.13 Å². The minimum absolute atomic E-state index is 0.126. The fourth-order valence-corrected chi connectivity index (χ4v) is 7.38. The van der Waals surface area contributed by atoms with Gasteiger partial charge in [-0.15, -0.1) is 0 Å². The molecule has 5 rings (SSSR count). The molecule has 2 heterocycles. The van der Waals surface area contributed by atoms with Crippen molar-refractivity contribution < 1.29 is 19.0 Å². The molecule has 7 nitrogen and oxygen atoms in total. The smallest absolute Gasteiger partial charge is 0.338 e. The molecule has 1 aromatic heterocycles. The van der Waals surface area contributed by atoms with Crippen LogP contribution >= 0.6 is 57.1 Å². The van der Waals surface area contributed by atoms with Gasteiger partial charge >= 0.3 is 5.97 Å². The fourth-order valence-electron chi connectivity index (χ4n) is 4.92. The summed E-state index contributed by atoms with van der Waals surface area (Å²) in [5.74, 6) is 0.615. The monoisotopic (exact) mass is 762 g/mol. The number of halogens is 3. The Hall–Kier alpha value is -3.12. The molecule has 1 aliphatic rings. The number of hydrogen-bond donors (Lipinski definition) is 0. The summed E-state index contributed by atoms with van der Waals surface area (Å²) in [7, 11) is 0. The van der Waals surface area contributed by atoms with E-state index in [1.165, 1.54) is 11.3 Å². The van der Waals surface area contributed by atoms with Crippen LogP contribution in [0.1, 0.15) is 50.4 Å². The van der Waals surface area contributed by atoms with Crippen LogP contribution in [0.4, 0.5) is 0 Å². The first-order chi connectivity index (χ1) is 21.1. The molecular formula is C33H29Cl2IN2O5S. The third kappa shape index (κ3) is 6.91. The van der Waals surface area contributed by atoms with Crippen LogP contribution in [0.3, 0.4) is 0 Å². The molecule has 0 unspecified atom stereocenters. The van der Waals surface area contributed by atoms with E-state index in [2.05, 4.69) is 27.6 Å². The Morgan fingerprint density at radius 1 is 1.11 bits per heavy atom. The van der Waals surface area contributed by atoms with Crippen LogP contribution in [0, 0.1) is 3.57 Å². The summed E-state index contributed by atoms with van der Waals surface area (Å²) in [6.45, 7) is 7.80. The van der Waals surface area contributed by atoms with Crippen LogP contribution in [0.25, 0.3) is 6.08 Å². The molecule has 228 valence electrons. The summed E-state index contributed by atoms with van der Waals surface area (Å²) in [6.07, 6.45) is 1.63. The second-order valence-corrected chi connectivity index (χ2v) is 13.3. The lowest BCUT2D eigenvalue weighted by Gasteiger charge is -2.26. The molecule has 0 N–H and O–H groups in total. The fraction of sp³-hybridized carbons (Fsp3) is 0.242. The lowest BCUT2D eigenvalue weighted by atomic mass is 9.95. The van der Waals surface area contributed by atoms with Gasteiger partial charge in [0.25, 0.3) is 5.56 Å². The molecule has 0 radical (unpaired) electrons. The lowest BCUT2D eigenvalue weighted by Crippen LogP contribution is -2.40. The van der Waals surface area contributed by atoms with E-state index >= 15 is 0 Å². The maximum atomic E-state index is 14.2. The maximum absolute atomic E-state index is 14.2. The average molecular weight is 763 g/mol. The summed E-state index contributed by atoms with van der Waals surface area (Å²) >= 11 is 16.0. The van der Waals surface area contributed by atoms with E-state index in [-0.39, 0.29) is 30.5 Å². The molecule has 11 heteroatoms. The molecule has 1 atom stereocenters. The topological polar surface area (TPSA) is 79.1 Å². The molecule has 0 spiro atoms. The number of carbonyl (C=O) groups is 1. The van der Waals surface area contributed by atoms with Crippen molar-refractivity contribution in [2.24, 2.45) is 4.99 Å². The molecule has 0 fully saturated rings. The van der Waals surface area contributed by atoms with Gasteiger partial charge in [0.2, 0.25) is 0 Å². The predicted molar refractivity (Wildman–Crippen MR) is 183 cm³/mol. The van der Waals surface area contributed by atoms with Crippen molar-refractivity contribution in [3.05, 3.63) is 122 Å². The van der Waals surface area contributed by atoms with Crippen molar-refractivity contribution >= 4 is 69.2 Å². The number of carbonyl (C=O) groups excluding carboxylic acids is 1. The molecule has 0 bridgehead atoms. The summed E-state index contributed by atoms with van der Waals surface area (Å²) in [5, 5.41) is 1.12. The van der Waals surface area contributed by atoms with Gasteiger partial charge in [-0.2, -0.15) is 0 Å². The van der Waals surface area contributed by atoms with E-state index in [1.54, 1.807) is 42.7 Å². The number of esters is 1. The highest BCUT2D eigenvalue weighted by molar-refractivity contribution is 14.1. The van der Waals surface area contributed by atoms with E-state index in [4.69, 9.17) is 37.4 Å². The first-order valence-electron chi connectivity index (χ1n) is 13.9. The Bertz CT molecular complexity index is 1950. The number of para-hydroxylation sites is 1. The van der Waals surface area contributed by atoms with Crippen LogP contribution in [-0.4, -0.2) is 23.2 Å². The molecule has 44 heavy (non-hydrogen) atoms. The predicted octanol–water partition coefficient (Wildman–Crippen LogP) is 7.08. The van der Waals surface area contributed by atoms with Gasteiger partial charge in [0.05, 0.1) is 32.1 Å². The molecule has 0 saturated heterocycles. The number of fused-ring (bicyclic) bond motifs is 1. The number of aromatic nitrogens is 1. The van der Waals surface area contributed by atoms with Crippen molar-refractivity contribution in [1.82, 2.24) is 4.57 Å². The molecular weight excluding hydrogens is 734 g/mol. The SMILES string of the molecule is CCOC(=O)C1=C(C)N=c2s/c(=C\c3cc(Cl)cc(I)c3OCc3cccc(Cl)c3)c(=O)n2[C@@H]1c1ccccc1OC(C)C. The summed E-state index contributed by atoms with van der Waals surface area (Å²) < 4.78 is 20.5. The van der Waals surface area contributed by atoms with Gasteiger partial charge in [0.1, 0.15) is 24.1 Å². The Morgan fingerprint density at radius 2 is 1.89 bits per heavy atom. The number of thiazole rings is 1. The molecule has 0 saturated carbocycles. The third-order valence-electron chi connectivity index (χ3n) is 6.69. The lowest BCUT2D eigenvalue weighted by molar-refractivity contribution is -0.139. The van der Waals surface area contributed by atoms with Gasteiger partial charge in [0.15, 0.2) is 4.80 Å². The highest BCUT2D eigenvalue weighted by atomic mass is 127. The van der Waals surface area contributed by atoms with Crippen molar-refractivity contribution in [3.8, 4) is 11.5 Å². The minimum Gasteiger partial charge on any atom is -0.491 e. The van der Waals surface area contributed by atoms with E-state index in [9.17, 15) is 9.59 Å². The average Bonchev–Trinajstić information content (AvgIpc) is 3.26. The van der Waals surface area contributed by atoms with Crippen LogP contribution in [0.15, 0.2) is 81.7 Å². The van der Waals surface area contributed by atoms with Crippen LogP contribution < -0.4 is 24.4 Å². The number of nitrogens with zero attached hydrogens (tertiary/aromatic N) is 2. The van der Waals surface area contributed by atoms with Crippen molar-refractivity contribution in [2.75, 3.05) is 6.61 Å². The first-order valence-corrected chi connectivity index (χ1v) is 16.5. The molecule has 0 aliphatic carbocycles. The number of ether oxygens (including phenoxy) is 3. The zero-order chi connectivity index (χ0) is 31.5. The first kappa shape index (κ1) is 32.3. The maximum Gasteiger partial charge on any atom is 0.338 e. The molecule has 1 aliphatic heterocycles. The number of benzene rings is 3. The van der Waals surface area contributed by atoms with Crippen LogP contribution in [-0.2, 0) is 16.1 Å². The third-order valence-corrected chi connectivity index (χ3v) is 8.93. The number of allylic oxidation sites excluding steroid dienone is 1. The van der Waals surface area contributed by atoms with Crippen LogP contribution in [0.5, 0.6) is 11.5 Å². The van der Waals surface area contributed by atoms with Crippen molar-refractivity contribution in [3.63, 3.8) is 0 Å². The Morgan fingerprint density at radius 3 is 2.61 bits per heavy atom. The van der Waals surface area contributed by atoms with Crippen molar-refractivity contribution in [1.29, 1.82) is 0 Å². The van der Waals surface area contributed by atoms with Gasteiger partial charge in [-0.1, -0.05) is 64.9 Å². The number of hydrogen-bond acceptors (Lipinski definition) is 7. The highest BCUT2D eigenvalue weighted by Gasteiger charge is 2.35. The van der Waals surface area contributed by atoms with Gasteiger partial charge in [-0.3, -0.25) is 9.36 Å². The standard InChI is InChI=1S/C33H29Cl2IN2O5S/c1-5-41-32(40)28-19(4)37-33-38(29(28)24-11-6-7-12-26(24)43-18(2)3)31(39)27(44-33)15-21-14-23(35)16-25(36)30(21)42-17-20-9-8-10-22(34)13-20/h6-16,18,29H,5,17H2,1-4H3/b27-15-/t29-/m1/s1. The molecule has 0 amide bonds. The van der Waals surface area contributed by atoms with E-state index in [1.807, 2.05) is 56.3 Å².